The van der Waals surface area contributed by atoms with Gasteiger partial charge in [0.1, 0.15) is 0 Å². The summed E-state index contributed by atoms with van der Waals surface area (Å²) in [5, 5.41) is 7.45. The van der Waals surface area contributed by atoms with Crippen molar-refractivity contribution in [3.63, 3.8) is 0 Å². The highest BCUT2D eigenvalue weighted by molar-refractivity contribution is 5.79. The van der Waals surface area contributed by atoms with E-state index in [2.05, 4.69) is 18.9 Å². The van der Waals surface area contributed by atoms with E-state index in [9.17, 15) is 0 Å². The molecule has 0 aromatic heterocycles. The number of nitrogens with zero attached hydrogens (tertiary/aromatic N) is 1. The first-order valence-electron chi connectivity index (χ1n) is 6.60. The van der Waals surface area contributed by atoms with E-state index in [0.29, 0.717) is 11.9 Å². The van der Waals surface area contributed by atoms with Crippen LogP contribution in [-0.4, -0.2) is 30.4 Å². The van der Waals surface area contributed by atoms with Gasteiger partial charge in [0.25, 0.3) is 0 Å². The molecule has 16 heavy (non-hydrogen) atoms. The first-order valence-corrected chi connectivity index (χ1v) is 6.60. The van der Waals surface area contributed by atoms with Gasteiger partial charge in [-0.05, 0) is 25.8 Å². The number of nitrogens with two attached hydrogens (primary N) is 1. The Kier molecular flexibility index (Phi) is 5.26. The molecule has 3 N–H and O–H groups in total. The van der Waals surface area contributed by atoms with Crippen LogP contribution in [0.2, 0.25) is 0 Å². The molecule has 3 unspecified atom stereocenters. The number of rotatable bonds is 5. The third kappa shape index (κ3) is 3.48. The van der Waals surface area contributed by atoms with Crippen LogP contribution in [0.25, 0.3) is 0 Å². The maximum absolute atomic E-state index is 7.45. The number of hydrogen-bond donors (Lipinski definition) is 2. The van der Waals surface area contributed by atoms with Crippen LogP contribution in [0.1, 0.15) is 46.0 Å². The average Bonchev–Trinajstić information content (AvgIpc) is 2.28. The molecule has 1 saturated carbocycles. The first kappa shape index (κ1) is 13.5. The highest BCUT2D eigenvalue weighted by atomic mass is 15.1. The second kappa shape index (κ2) is 6.24. The molecular weight excluding hydrogens is 198 g/mol. The van der Waals surface area contributed by atoms with Crippen molar-refractivity contribution in [2.45, 2.75) is 52.0 Å². The molecular formula is C13H27N3. The van der Waals surface area contributed by atoms with E-state index in [1.54, 1.807) is 0 Å². The van der Waals surface area contributed by atoms with Gasteiger partial charge in [-0.2, -0.15) is 0 Å². The molecule has 3 nitrogen and oxygen atoms in total. The van der Waals surface area contributed by atoms with Gasteiger partial charge in [-0.25, -0.2) is 0 Å². The predicted octanol–water partition coefficient (Wildman–Crippen LogP) is 2.46. The van der Waals surface area contributed by atoms with Gasteiger partial charge < -0.3 is 10.6 Å². The third-order valence-corrected chi connectivity index (χ3v) is 4.05. The molecule has 3 atom stereocenters. The van der Waals surface area contributed by atoms with Gasteiger partial charge in [-0.3, -0.25) is 5.41 Å². The molecule has 1 aliphatic rings. The predicted molar refractivity (Wildman–Crippen MR) is 69.7 cm³/mol. The molecule has 0 radical (unpaired) electrons. The molecule has 0 saturated heterocycles. The van der Waals surface area contributed by atoms with Crippen molar-refractivity contribution in [3.8, 4) is 0 Å². The van der Waals surface area contributed by atoms with E-state index in [4.69, 9.17) is 11.1 Å². The molecule has 0 amide bonds. The minimum absolute atomic E-state index is 0.185. The topological polar surface area (TPSA) is 53.1 Å². The fourth-order valence-corrected chi connectivity index (χ4v) is 2.91. The van der Waals surface area contributed by atoms with Gasteiger partial charge in [-0.1, -0.05) is 33.1 Å². The fourth-order valence-electron chi connectivity index (χ4n) is 2.91. The lowest BCUT2D eigenvalue weighted by molar-refractivity contribution is 0.120. The third-order valence-electron chi connectivity index (χ3n) is 4.05. The molecule has 1 aliphatic carbocycles. The second-order valence-electron chi connectivity index (χ2n) is 5.32. The summed E-state index contributed by atoms with van der Waals surface area (Å²) in [5.41, 5.74) is 5.54. The number of nitrogens with one attached hydrogen (secondary N) is 1. The quantitative estimate of drug-likeness (QED) is 0.558. The van der Waals surface area contributed by atoms with Crippen molar-refractivity contribution in [2.75, 3.05) is 13.6 Å². The summed E-state index contributed by atoms with van der Waals surface area (Å²) >= 11 is 0. The lowest BCUT2D eigenvalue weighted by Gasteiger charge is -2.38. The van der Waals surface area contributed by atoms with Gasteiger partial charge in [0, 0.05) is 18.5 Å². The maximum Gasteiger partial charge on any atom is 0.0947 e. The monoisotopic (exact) mass is 225 g/mol. The summed E-state index contributed by atoms with van der Waals surface area (Å²) in [5.74, 6) is 1.35. The average molecular weight is 225 g/mol. The lowest BCUT2D eigenvalue weighted by Crippen LogP contribution is -2.43. The fraction of sp³-hybridized carbons (Fsp3) is 0.923. The van der Waals surface area contributed by atoms with Crippen LogP contribution in [0.3, 0.4) is 0 Å². The largest absolute Gasteiger partial charge is 0.387 e. The Bertz CT molecular complexity index is 227. The van der Waals surface area contributed by atoms with Crippen molar-refractivity contribution < 1.29 is 0 Å². The van der Waals surface area contributed by atoms with Crippen LogP contribution in [-0.2, 0) is 0 Å². The van der Waals surface area contributed by atoms with Crippen LogP contribution in [0.4, 0.5) is 0 Å². The zero-order chi connectivity index (χ0) is 12.1. The van der Waals surface area contributed by atoms with Crippen molar-refractivity contribution in [1.82, 2.24) is 4.90 Å². The summed E-state index contributed by atoms with van der Waals surface area (Å²) in [7, 11) is 2.19. The molecule has 94 valence electrons. The van der Waals surface area contributed by atoms with Crippen molar-refractivity contribution >= 4 is 5.84 Å². The minimum Gasteiger partial charge on any atom is -0.387 e. The smallest absolute Gasteiger partial charge is 0.0947 e. The Labute approximate surface area is 99.9 Å². The first-order chi connectivity index (χ1) is 7.56. The Morgan fingerprint density at radius 2 is 2.06 bits per heavy atom. The summed E-state index contributed by atoms with van der Waals surface area (Å²) < 4.78 is 0. The van der Waals surface area contributed by atoms with E-state index in [0.717, 1.165) is 12.5 Å². The van der Waals surface area contributed by atoms with E-state index in [1.165, 1.54) is 32.1 Å². The summed E-state index contributed by atoms with van der Waals surface area (Å²) in [6.07, 6.45) is 6.73. The van der Waals surface area contributed by atoms with Crippen LogP contribution in [0, 0.1) is 17.2 Å². The highest BCUT2D eigenvalue weighted by Gasteiger charge is 2.27. The molecule has 0 aromatic carbocycles. The van der Waals surface area contributed by atoms with Crippen LogP contribution in [0.15, 0.2) is 0 Å². The SMILES string of the molecule is CCC1CCCCC1N(C)CC(C)C(=N)N. The van der Waals surface area contributed by atoms with Gasteiger partial charge in [0.2, 0.25) is 0 Å². The van der Waals surface area contributed by atoms with Gasteiger partial charge in [0.15, 0.2) is 0 Å². The molecule has 3 heteroatoms. The Hall–Kier alpha value is -0.570. The highest BCUT2D eigenvalue weighted by Crippen LogP contribution is 2.30. The summed E-state index contributed by atoms with van der Waals surface area (Å²) in [6.45, 7) is 5.27. The van der Waals surface area contributed by atoms with E-state index in [-0.39, 0.29) is 5.92 Å². The number of hydrogen-bond acceptors (Lipinski definition) is 2. The van der Waals surface area contributed by atoms with Gasteiger partial charge >= 0.3 is 0 Å². The molecule has 0 spiro atoms. The normalized spacial score (nSPS) is 28.0. The van der Waals surface area contributed by atoms with Crippen LogP contribution >= 0.6 is 0 Å². The zero-order valence-electron chi connectivity index (χ0n) is 11.0. The van der Waals surface area contributed by atoms with Crippen molar-refractivity contribution in [1.29, 1.82) is 5.41 Å². The van der Waals surface area contributed by atoms with Crippen LogP contribution < -0.4 is 5.73 Å². The molecule has 0 aromatic rings. The molecule has 1 fully saturated rings. The minimum atomic E-state index is 0.185. The van der Waals surface area contributed by atoms with E-state index < -0.39 is 0 Å². The second-order valence-corrected chi connectivity index (χ2v) is 5.32. The van der Waals surface area contributed by atoms with Gasteiger partial charge in [0.05, 0.1) is 5.84 Å². The summed E-state index contributed by atoms with van der Waals surface area (Å²) in [6, 6.07) is 0.709. The molecule has 0 bridgehead atoms. The maximum atomic E-state index is 7.45. The zero-order valence-corrected chi connectivity index (χ0v) is 11.0. The summed E-state index contributed by atoms with van der Waals surface area (Å²) in [4.78, 5) is 2.43. The van der Waals surface area contributed by atoms with Gasteiger partial charge in [-0.15, -0.1) is 0 Å². The van der Waals surface area contributed by atoms with Crippen molar-refractivity contribution in [2.24, 2.45) is 17.6 Å². The van der Waals surface area contributed by atoms with E-state index >= 15 is 0 Å². The van der Waals surface area contributed by atoms with Crippen LogP contribution in [0.5, 0.6) is 0 Å². The Morgan fingerprint density at radius 3 is 2.62 bits per heavy atom. The van der Waals surface area contributed by atoms with E-state index in [1.807, 2.05) is 6.92 Å². The standard InChI is InChI=1S/C13H27N3/c1-4-11-7-5-6-8-12(11)16(3)9-10(2)13(14)15/h10-12H,4-9H2,1-3H3,(H3,14,15). The lowest BCUT2D eigenvalue weighted by atomic mass is 9.82. The Morgan fingerprint density at radius 1 is 1.44 bits per heavy atom. The Balaban J connectivity index is 2.50. The molecule has 1 rings (SSSR count). The number of amidine groups is 1. The molecule has 0 aliphatic heterocycles. The molecule has 0 heterocycles. The van der Waals surface area contributed by atoms with Crippen molar-refractivity contribution in [3.05, 3.63) is 0 Å².